The first kappa shape index (κ1) is 24.5. The third-order valence-electron chi connectivity index (χ3n) is 6.04. The third-order valence-corrected chi connectivity index (χ3v) is 8.08. The van der Waals surface area contributed by atoms with Gasteiger partial charge in [-0.1, -0.05) is 30.3 Å². The number of anilines is 2. The lowest BCUT2D eigenvalue weighted by molar-refractivity contribution is -0.119. The van der Waals surface area contributed by atoms with E-state index in [0.29, 0.717) is 16.9 Å². The summed E-state index contributed by atoms with van der Waals surface area (Å²) in [6.07, 6.45) is 3.16. The normalized spacial score (nSPS) is 12.6. The van der Waals surface area contributed by atoms with E-state index < -0.39 is 28.5 Å². The molecule has 0 saturated carbocycles. The van der Waals surface area contributed by atoms with Gasteiger partial charge in [0, 0.05) is 12.2 Å². The molecule has 1 N–H and O–H groups in total. The molecule has 0 atom stereocenters. The molecule has 0 saturated heterocycles. The van der Waals surface area contributed by atoms with E-state index in [1.54, 1.807) is 44.2 Å². The average molecular weight is 493 g/mol. The van der Waals surface area contributed by atoms with Gasteiger partial charge in [0.15, 0.2) is 6.61 Å². The van der Waals surface area contributed by atoms with Crippen molar-refractivity contribution in [2.75, 3.05) is 22.8 Å². The maximum absolute atomic E-state index is 13.4. The van der Waals surface area contributed by atoms with Gasteiger partial charge in [0.1, 0.15) is 0 Å². The summed E-state index contributed by atoms with van der Waals surface area (Å²) in [7, 11) is -3.92. The van der Waals surface area contributed by atoms with E-state index >= 15 is 0 Å². The Hall–Kier alpha value is -3.65. The Labute approximate surface area is 205 Å². The second-order valence-corrected chi connectivity index (χ2v) is 10.3. The molecule has 0 fully saturated rings. The Bertz CT molecular complexity index is 1350. The number of ether oxygens (including phenoxy) is 1. The van der Waals surface area contributed by atoms with E-state index in [1.165, 1.54) is 27.6 Å². The van der Waals surface area contributed by atoms with E-state index in [9.17, 15) is 18.0 Å². The van der Waals surface area contributed by atoms with Crippen molar-refractivity contribution in [2.24, 2.45) is 0 Å². The van der Waals surface area contributed by atoms with Crippen LogP contribution in [-0.4, -0.2) is 33.4 Å². The zero-order valence-corrected chi connectivity index (χ0v) is 20.6. The summed E-state index contributed by atoms with van der Waals surface area (Å²) in [5.41, 5.74) is 4.29. The van der Waals surface area contributed by atoms with Crippen LogP contribution in [0.1, 0.15) is 40.4 Å². The number of amides is 1. The molecule has 0 radical (unpaired) electrons. The molecular weight excluding hydrogens is 464 g/mol. The zero-order chi connectivity index (χ0) is 25.0. The minimum atomic E-state index is -3.92. The lowest BCUT2D eigenvalue weighted by atomic mass is 10.1. The Kier molecular flexibility index (Phi) is 7.21. The predicted octanol–water partition coefficient (Wildman–Crippen LogP) is 4.49. The van der Waals surface area contributed by atoms with Gasteiger partial charge in [-0.2, -0.15) is 0 Å². The van der Waals surface area contributed by atoms with Crippen molar-refractivity contribution in [3.8, 4) is 0 Å². The molecule has 35 heavy (non-hydrogen) atoms. The summed E-state index contributed by atoms with van der Waals surface area (Å²) in [5.74, 6) is -1.23. The van der Waals surface area contributed by atoms with Crippen molar-refractivity contribution in [1.82, 2.24) is 0 Å². The molecule has 3 aromatic rings. The minimum Gasteiger partial charge on any atom is -0.452 e. The fourth-order valence-corrected chi connectivity index (χ4v) is 6.00. The fourth-order valence-electron chi connectivity index (χ4n) is 4.27. The number of nitrogens with zero attached hydrogens (tertiary/aromatic N) is 1. The Balaban J connectivity index is 1.46. The molecule has 1 aliphatic rings. The number of nitrogens with one attached hydrogen (secondary N) is 1. The van der Waals surface area contributed by atoms with Gasteiger partial charge in [0.25, 0.3) is 15.9 Å². The SMILES string of the molecule is CCN(c1ccccc1)S(=O)(=O)c1cc(C(=O)OCC(=O)Nc2ccc3c(c2)CCC3)ccc1C. The van der Waals surface area contributed by atoms with Gasteiger partial charge in [-0.25, -0.2) is 13.2 Å². The van der Waals surface area contributed by atoms with E-state index in [2.05, 4.69) is 5.32 Å². The van der Waals surface area contributed by atoms with E-state index in [1.807, 2.05) is 24.3 Å². The molecule has 0 spiro atoms. The van der Waals surface area contributed by atoms with Gasteiger partial charge in [-0.15, -0.1) is 0 Å². The Morgan fingerprint density at radius 1 is 0.971 bits per heavy atom. The molecule has 0 bridgehead atoms. The number of fused-ring (bicyclic) bond motifs is 1. The highest BCUT2D eigenvalue weighted by atomic mass is 32.2. The number of aryl methyl sites for hydroxylation is 3. The van der Waals surface area contributed by atoms with Crippen LogP contribution in [0.4, 0.5) is 11.4 Å². The summed E-state index contributed by atoms with van der Waals surface area (Å²) >= 11 is 0. The zero-order valence-electron chi connectivity index (χ0n) is 19.8. The predicted molar refractivity (Wildman–Crippen MR) is 135 cm³/mol. The van der Waals surface area contributed by atoms with Crippen LogP contribution < -0.4 is 9.62 Å². The van der Waals surface area contributed by atoms with Crippen LogP contribution in [0, 0.1) is 6.92 Å². The first-order valence-corrected chi connectivity index (χ1v) is 13.0. The number of carbonyl (C=O) groups excluding carboxylic acids is 2. The maximum Gasteiger partial charge on any atom is 0.338 e. The molecule has 1 aliphatic carbocycles. The number of sulfonamides is 1. The van der Waals surface area contributed by atoms with Crippen molar-refractivity contribution >= 4 is 33.3 Å². The lowest BCUT2D eigenvalue weighted by Gasteiger charge is -2.24. The number of para-hydroxylation sites is 1. The highest BCUT2D eigenvalue weighted by Crippen LogP contribution is 2.27. The lowest BCUT2D eigenvalue weighted by Crippen LogP contribution is -2.31. The van der Waals surface area contributed by atoms with Gasteiger partial charge in [-0.05, 0) is 86.2 Å². The fraction of sp³-hybridized carbons (Fsp3) is 0.259. The number of hydrogen-bond acceptors (Lipinski definition) is 5. The van der Waals surface area contributed by atoms with Crippen molar-refractivity contribution in [2.45, 2.75) is 38.0 Å². The monoisotopic (exact) mass is 492 g/mol. The van der Waals surface area contributed by atoms with E-state index in [4.69, 9.17) is 4.74 Å². The second-order valence-electron chi connectivity index (χ2n) is 8.45. The Morgan fingerprint density at radius 3 is 2.46 bits per heavy atom. The van der Waals surface area contributed by atoms with Crippen LogP contribution in [0.5, 0.6) is 0 Å². The van der Waals surface area contributed by atoms with E-state index in [-0.39, 0.29) is 17.0 Å². The largest absolute Gasteiger partial charge is 0.452 e. The topological polar surface area (TPSA) is 92.8 Å². The summed E-state index contributed by atoms with van der Waals surface area (Å²) in [6.45, 7) is 3.17. The van der Waals surface area contributed by atoms with Crippen molar-refractivity contribution in [3.05, 3.63) is 89.0 Å². The van der Waals surface area contributed by atoms with Gasteiger partial charge >= 0.3 is 5.97 Å². The van der Waals surface area contributed by atoms with E-state index in [0.717, 1.165) is 19.3 Å². The third kappa shape index (κ3) is 5.38. The van der Waals surface area contributed by atoms with Crippen LogP contribution in [0.2, 0.25) is 0 Å². The van der Waals surface area contributed by atoms with Crippen molar-refractivity contribution < 1.29 is 22.7 Å². The molecule has 8 heteroatoms. The van der Waals surface area contributed by atoms with Crippen LogP contribution in [-0.2, 0) is 32.4 Å². The quantitative estimate of drug-likeness (QED) is 0.468. The number of esters is 1. The second kappa shape index (κ2) is 10.3. The van der Waals surface area contributed by atoms with Gasteiger partial charge in [-0.3, -0.25) is 9.10 Å². The molecular formula is C27H28N2O5S. The first-order chi connectivity index (χ1) is 16.8. The molecule has 3 aromatic carbocycles. The van der Waals surface area contributed by atoms with Crippen LogP contribution >= 0.6 is 0 Å². The number of carbonyl (C=O) groups is 2. The molecule has 4 rings (SSSR count). The van der Waals surface area contributed by atoms with Gasteiger partial charge < -0.3 is 10.1 Å². The van der Waals surface area contributed by atoms with Gasteiger partial charge in [0.2, 0.25) is 0 Å². The Morgan fingerprint density at radius 2 is 1.71 bits per heavy atom. The molecule has 0 aromatic heterocycles. The first-order valence-electron chi connectivity index (χ1n) is 11.6. The highest BCUT2D eigenvalue weighted by Gasteiger charge is 2.26. The maximum atomic E-state index is 13.4. The molecule has 0 heterocycles. The van der Waals surface area contributed by atoms with Crippen molar-refractivity contribution in [1.29, 1.82) is 0 Å². The summed E-state index contributed by atoms with van der Waals surface area (Å²) in [5, 5.41) is 2.75. The standard InChI is InChI=1S/C27H28N2O5S/c1-3-29(24-10-5-4-6-11-24)35(32,33)25-17-22(13-12-19(25)2)27(31)34-18-26(30)28-23-15-14-20-8-7-9-21(20)16-23/h4-6,10-17H,3,7-9,18H2,1-2H3,(H,28,30). The average Bonchev–Trinajstić information content (AvgIpc) is 3.31. The van der Waals surface area contributed by atoms with Gasteiger partial charge in [0.05, 0.1) is 16.1 Å². The van der Waals surface area contributed by atoms with Crippen LogP contribution in [0.15, 0.2) is 71.6 Å². The molecule has 0 aliphatic heterocycles. The highest BCUT2D eigenvalue weighted by molar-refractivity contribution is 7.92. The number of rotatable bonds is 8. The number of hydrogen-bond donors (Lipinski definition) is 1. The van der Waals surface area contributed by atoms with Crippen LogP contribution in [0.3, 0.4) is 0 Å². The molecule has 7 nitrogen and oxygen atoms in total. The summed E-state index contributed by atoms with van der Waals surface area (Å²) in [6, 6.07) is 18.9. The molecule has 0 unspecified atom stereocenters. The van der Waals surface area contributed by atoms with Crippen molar-refractivity contribution in [3.63, 3.8) is 0 Å². The minimum absolute atomic E-state index is 0.0141. The molecule has 182 valence electrons. The molecule has 1 amide bonds. The summed E-state index contributed by atoms with van der Waals surface area (Å²) in [4.78, 5) is 25.0. The summed E-state index contributed by atoms with van der Waals surface area (Å²) < 4.78 is 33.3. The van der Waals surface area contributed by atoms with Crippen LogP contribution in [0.25, 0.3) is 0 Å². The number of benzene rings is 3. The smallest absolute Gasteiger partial charge is 0.338 e.